The molecule has 0 bridgehead atoms. The van der Waals surface area contributed by atoms with Crippen LogP contribution in [0.15, 0.2) is 0 Å². The van der Waals surface area contributed by atoms with Gasteiger partial charge in [0.2, 0.25) is 0 Å². The Morgan fingerprint density at radius 1 is 1.42 bits per heavy atom. The van der Waals surface area contributed by atoms with E-state index < -0.39 is 6.04 Å². The molecule has 0 radical (unpaired) electrons. The van der Waals surface area contributed by atoms with Crippen LogP contribution >= 0.6 is 0 Å². The van der Waals surface area contributed by atoms with E-state index in [4.69, 9.17) is 11.5 Å². The van der Waals surface area contributed by atoms with Gasteiger partial charge in [-0.2, -0.15) is 0 Å². The number of carbonyl (C=O) groups is 1. The largest absolute Gasteiger partial charge is 0.325 e. The Labute approximate surface area is 73.5 Å². The smallest absolute Gasteiger partial charge is 0.148 e. The number of rotatable bonds is 3. The molecule has 12 heavy (non-hydrogen) atoms. The van der Waals surface area contributed by atoms with Gasteiger partial charge in [0.05, 0.1) is 6.04 Å². The molecule has 1 aliphatic rings. The van der Waals surface area contributed by atoms with Crippen molar-refractivity contribution in [3.05, 3.63) is 0 Å². The second-order valence-electron chi connectivity index (χ2n) is 4.17. The first-order valence-corrected chi connectivity index (χ1v) is 4.49. The zero-order valence-electron chi connectivity index (χ0n) is 7.84. The average molecular weight is 170 g/mol. The maximum Gasteiger partial charge on any atom is 0.148 e. The quantitative estimate of drug-likeness (QED) is 0.645. The molecule has 0 amide bonds. The SMILES string of the molecule is CC(=O)[C@H](N)C(N)C1(C)CCC1. The average Bonchev–Trinajstić information content (AvgIpc) is 1.97. The van der Waals surface area contributed by atoms with Gasteiger partial charge >= 0.3 is 0 Å². The molecule has 3 nitrogen and oxygen atoms in total. The minimum Gasteiger partial charge on any atom is -0.325 e. The topological polar surface area (TPSA) is 69.1 Å². The molecule has 1 unspecified atom stereocenters. The summed E-state index contributed by atoms with van der Waals surface area (Å²) in [4.78, 5) is 11.0. The van der Waals surface area contributed by atoms with Gasteiger partial charge in [-0.25, -0.2) is 0 Å². The lowest BCUT2D eigenvalue weighted by molar-refractivity contribution is -0.119. The minimum absolute atomic E-state index is 0.00405. The summed E-state index contributed by atoms with van der Waals surface area (Å²) < 4.78 is 0. The molecule has 0 aliphatic heterocycles. The Hall–Kier alpha value is -0.410. The van der Waals surface area contributed by atoms with Crippen LogP contribution in [0.4, 0.5) is 0 Å². The van der Waals surface area contributed by atoms with Crippen LogP contribution in [0.3, 0.4) is 0 Å². The van der Waals surface area contributed by atoms with Gasteiger partial charge in [0.25, 0.3) is 0 Å². The molecule has 70 valence electrons. The summed E-state index contributed by atoms with van der Waals surface area (Å²) in [5, 5.41) is 0. The van der Waals surface area contributed by atoms with Crippen LogP contribution < -0.4 is 11.5 Å². The van der Waals surface area contributed by atoms with Gasteiger partial charge < -0.3 is 11.5 Å². The monoisotopic (exact) mass is 170 g/mol. The molecule has 1 rings (SSSR count). The molecule has 1 aliphatic carbocycles. The van der Waals surface area contributed by atoms with Gasteiger partial charge in [0.15, 0.2) is 0 Å². The van der Waals surface area contributed by atoms with Crippen molar-refractivity contribution in [3.8, 4) is 0 Å². The first kappa shape index (κ1) is 9.68. The van der Waals surface area contributed by atoms with E-state index in [0.29, 0.717) is 0 Å². The van der Waals surface area contributed by atoms with Crippen molar-refractivity contribution < 1.29 is 4.79 Å². The van der Waals surface area contributed by atoms with E-state index in [-0.39, 0.29) is 17.2 Å². The number of ketones is 1. The molecule has 2 atom stereocenters. The molecule has 1 saturated carbocycles. The molecular formula is C9H18N2O. The molecule has 0 aromatic heterocycles. The number of nitrogens with two attached hydrogens (primary N) is 2. The van der Waals surface area contributed by atoms with Crippen molar-refractivity contribution in [2.24, 2.45) is 16.9 Å². The fourth-order valence-corrected chi connectivity index (χ4v) is 1.75. The standard InChI is InChI=1S/C9H18N2O/c1-6(12)7(10)8(11)9(2)4-3-5-9/h7-8H,3-5,10-11H2,1-2H3/t7-,8?/m0/s1. The Morgan fingerprint density at radius 2 is 1.92 bits per heavy atom. The predicted molar refractivity (Wildman–Crippen MR) is 48.6 cm³/mol. The summed E-state index contributed by atoms with van der Waals surface area (Å²) >= 11 is 0. The van der Waals surface area contributed by atoms with Crippen molar-refractivity contribution in [1.29, 1.82) is 0 Å². The summed E-state index contributed by atoms with van der Waals surface area (Å²) in [5.41, 5.74) is 11.7. The van der Waals surface area contributed by atoms with Crippen LogP contribution in [0.25, 0.3) is 0 Å². The molecule has 0 spiro atoms. The zero-order chi connectivity index (χ0) is 9.35. The normalized spacial score (nSPS) is 25.7. The van der Waals surface area contributed by atoms with Crippen LogP contribution in [0.5, 0.6) is 0 Å². The van der Waals surface area contributed by atoms with Crippen LogP contribution in [-0.2, 0) is 4.79 Å². The second kappa shape index (κ2) is 3.15. The van der Waals surface area contributed by atoms with Gasteiger partial charge in [-0.3, -0.25) is 4.79 Å². The maximum absolute atomic E-state index is 11.0. The highest BCUT2D eigenvalue weighted by atomic mass is 16.1. The van der Waals surface area contributed by atoms with Gasteiger partial charge in [0.1, 0.15) is 5.78 Å². The van der Waals surface area contributed by atoms with E-state index in [1.807, 2.05) is 0 Å². The third-order valence-electron chi connectivity index (χ3n) is 3.16. The molecule has 0 heterocycles. The lowest BCUT2D eigenvalue weighted by atomic mass is 9.64. The highest BCUT2D eigenvalue weighted by Crippen LogP contribution is 2.43. The van der Waals surface area contributed by atoms with Crippen LogP contribution in [0, 0.1) is 5.41 Å². The Morgan fingerprint density at radius 3 is 2.17 bits per heavy atom. The highest BCUT2D eigenvalue weighted by Gasteiger charge is 2.41. The third kappa shape index (κ3) is 1.52. The first-order chi connectivity index (χ1) is 5.47. The number of hydrogen-bond donors (Lipinski definition) is 2. The predicted octanol–water partition coefficient (Wildman–Crippen LogP) is 0.420. The second-order valence-corrected chi connectivity index (χ2v) is 4.17. The van der Waals surface area contributed by atoms with Gasteiger partial charge in [-0.1, -0.05) is 13.3 Å². The summed E-state index contributed by atoms with van der Waals surface area (Å²) in [6.07, 6.45) is 3.43. The van der Waals surface area contributed by atoms with Crippen LogP contribution in [-0.4, -0.2) is 17.9 Å². The van der Waals surface area contributed by atoms with E-state index in [1.54, 1.807) is 0 Å². The summed E-state index contributed by atoms with van der Waals surface area (Å²) in [6, 6.07) is -0.640. The van der Waals surface area contributed by atoms with Crippen molar-refractivity contribution >= 4 is 5.78 Å². The lowest BCUT2D eigenvalue weighted by Crippen LogP contribution is -2.57. The number of hydrogen-bond acceptors (Lipinski definition) is 3. The van der Waals surface area contributed by atoms with Crippen molar-refractivity contribution in [2.45, 2.75) is 45.2 Å². The third-order valence-corrected chi connectivity index (χ3v) is 3.16. The van der Waals surface area contributed by atoms with E-state index in [0.717, 1.165) is 12.8 Å². The number of carbonyl (C=O) groups excluding carboxylic acids is 1. The van der Waals surface area contributed by atoms with Crippen LogP contribution in [0.2, 0.25) is 0 Å². The minimum atomic E-state index is -0.477. The molecule has 0 aromatic rings. The molecular weight excluding hydrogens is 152 g/mol. The fraction of sp³-hybridized carbons (Fsp3) is 0.889. The van der Waals surface area contributed by atoms with E-state index in [2.05, 4.69) is 6.92 Å². The van der Waals surface area contributed by atoms with E-state index in [9.17, 15) is 4.79 Å². The fourth-order valence-electron chi connectivity index (χ4n) is 1.75. The Bertz CT molecular complexity index is 187. The maximum atomic E-state index is 11.0. The molecule has 0 saturated heterocycles. The van der Waals surface area contributed by atoms with Crippen molar-refractivity contribution in [1.82, 2.24) is 0 Å². The van der Waals surface area contributed by atoms with Gasteiger partial charge in [-0.15, -0.1) is 0 Å². The molecule has 0 aromatic carbocycles. The molecule has 3 heteroatoms. The summed E-state index contributed by atoms with van der Waals surface area (Å²) in [5.74, 6) is -0.00405. The summed E-state index contributed by atoms with van der Waals surface area (Å²) in [7, 11) is 0. The first-order valence-electron chi connectivity index (χ1n) is 4.49. The Kier molecular flexibility index (Phi) is 2.54. The van der Waals surface area contributed by atoms with Crippen molar-refractivity contribution in [3.63, 3.8) is 0 Å². The Balaban J connectivity index is 2.57. The van der Waals surface area contributed by atoms with Gasteiger partial charge in [0, 0.05) is 6.04 Å². The molecule has 4 N–H and O–H groups in total. The van der Waals surface area contributed by atoms with Crippen LogP contribution in [0.1, 0.15) is 33.1 Å². The lowest BCUT2D eigenvalue weighted by Gasteiger charge is -2.45. The summed E-state index contributed by atoms with van der Waals surface area (Å²) in [6.45, 7) is 3.62. The van der Waals surface area contributed by atoms with Gasteiger partial charge in [-0.05, 0) is 25.2 Å². The zero-order valence-corrected chi connectivity index (χ0v) is 7.84. The van der Waals surface area contributed by atoms with E-state index in [1.165, 1.54) is 13.3 Å². The molecule has 1 fully saturated rings. The highest BCUT2D eigenvalue weighted by molar-refractivity contribution is 5.82. The van der Waals surface area contributed by atoms with E-state index >= 15 is 0 Å². The van der Waals surface area contributed by atoms with Crippen molar-refractivity contribution in [2.75, 3.05) is 0 Å². The number of Topliss-reactive ketones (excluding diaryl/α,β-unsaturated/α-hetero) is 1.